The molecule has 14 heavy (non-hydrogen) atoms. The Kier molecular flexibility index (Phi) is 3.37. The maximum absolute atomic E-state index is 11.3. The highest BCUT2D eigenvalue weighted by molar-refractivity contribution is 5.78. The Morgan fingerprint density at radius 3 is 2.86 bits per heavy atom. The summed E-state index contributed by atoms with van der Waals surface area (Å²) in [7, 11) is 0. The van der Waals surface area contributed by atoms with Gasteiger partial charge in [-0.2, -0.15) is 0 Å². The minimum Gasteiger partial charge on any atom is -0.377 e. The van der Waals surface area contributed by atoms with Crippen molar-refractivity contribution in [2.45, 2.75) is 37.8 Å². The Bertz CT molecular complexity index is 198. The lowest BCUT2D eigenvalue weighted by Gasteiger charge is -2.10. The summed E-state index contributed by atoms with van der Waals surface area (Å²) >= 11 is 0. The summed E-state index contributed by atoms with van der Waals surface area (Å²) in [6.07, 6.45) is 4.90. The van der Waals surface area contributed by atoms with Crippen LogP contribution >= 0.6 is 0 Å². The minimum absolute atomic E-state index is 0.116. The Balaban J connectivity index is 1.50. The predicted molar refractivity (Wildman–Crippen MR) is 53.0 cm³/mol. The molecule has 1 aliphatic carbocycles. The molecule has 2 aliphatic rings. The fraction of sp³-hybridized carbons (Fsp3) is 0.900. The molecule has 4 heteroatoms. The molecular formula is C10H18N2O2. The van der Waals surface area contributed by atoms with Gasteiger partial charge in [0.1, 0.15) is 0 Å². The number of rotatable bonds is 5. The normalized spacial score (nSPS) is 26.4. The molecule has 1 atom stereocenters. The third kappa shape index (κ3) is 3.27. The molecule has 0 bridgehead atoms. The van der Waals surface area contributed by atoms with E-state index in [0.717, 1.165) is 38.8 Å². The van der Waals surface area contributed by atoms with Gasteiger partial charge >= 0.3 is 0 Å². The van der Waals surface area contributed by atoms with Crippen LogP contribution in [-0.2, 0) is 9.53 Å². The first-order valence-corrected chi connectivity index (χ1v) is 5.46. The van der Waals surface area contributed by atoms with Crippen molar-refractivity contribution in [2.75, 3.05) is 19.7 Å². The van der Waals surface area contributed by atoms with Crippen molar-refractivity contribution in [1.29, 1.82) is 0 Å². The topological polar surface area (TPSA) is 50.4 Å². The second kappa shape index (κ2) is 4.75. The van der Waals surface area contributed by atoms with Gasteiger partial charge in [0.25, 0.3) is 0 Å². The molecule has 1 saturated carbocycles. The molecule has 1 amide bonds. The van der Waals surface area contributed by atoms with Crippen LogP contribution in [0, 0.1) is 0 Å². The van der Waals surface area contributed by atoms with Crippen LogP contribution < -0.4 is 10.6 Å². The van der Waals surface area contributed by atoms with Crippen LogP contribution in [0.15, 0.2) is 0 Å². The first kappa shape index (κ1) is 9.93. The van der Waals surface area contributed by atoms with E-state index in [1.165, 1.54) is 0 Å². The van der Waals surface area contributed by atoms with Crippen LogP contribution in [0.5, 0.6) is 0 Å². The average Bonchev–Trinajstić information content (AvgIpc) is 2.82. The van der Waals surface area contributed by atoms with Crippen LogP contribution in [0.3, 0.4) is 0 Å². The van der Waals surface area contributed by atoms with Crippen LogP contribution in [-0.4, -0.2) is 37.7 Å². The molecule has 0 spiro atoms. The highest BCUT2D eigenvalue weighted by Gasteiger charge is 2.23. The predicted octanol–water partition coefficient (Wildman–Crippen LogP) is 0.0336. The van der Waals surface area contributed by atoms with Gasteiger partial charge in [0.2, 0.25) is 5.91 Å². The summed E-state index contributed by atoms with van der Waals surface area (Å²) in [5, 5.41) is 6.06. The van der Waals surface area contributed by atoms with Crippen molar-refractivity contribution in [2.24, 2.45) is 0 Å². The van der Waals surface area contributed by atoms with E-state index in [-0.39, 0.29) is 5.91 Å². The Labute approximate surface area is 84.4 Å². The number of hydrogen-bond acceptors (Lipinski definition) is 3. The molecule has 1 heterocycles. The van der Waals surface area contributed by atoms with Gasteiger partial charge in [0, 0.05) is 19.2 Å². The average molecular weight is 198 g/mol. The maximum Gasteiger partial charge on any atom is 0.234 e. The zero-order valence-electron chi connectivity index (χ0n) is 8.42. The Morgan fingerprint density at radius 1 is 1.36 bits per heavy atom. The van der Waals surface area contributed by atoms with Crippen LogP contribution in [0.1, 0.15) is 25.7 Å². The third-order valence-electron chi connectivity index (χ3n) is 2.62. The monoisotopic (exact) mass is 198 g/mol. The van der Waals surface area contributed by atoms with E-state index in [4.69, 9.17) is 4.74 Å². The zero-order chi connectivity index (χ0) is 9.80. The van der Waals surface area contributed by atoms with E-state index in [1.54, 1.807) is 0 Å². The van der Waals surface area contributed by atoms with Crippen molar-refractivity contribution in [3.8, 4) is 0 Å². The highest BCUT2D eigenvalue weighted by atomic mass is 16.5. The quantitative estimate of drug-likeness (QED) is 0.655. The molecule has 0 aromatic rings. The Morgan fingerprint density at radius 2 is 2.21 bits per heavy atom. The van der Waals surface area contributed by atoms with Crippen molar-refractivity contribution < 1.29 is 9.53 Å². The largest absolute Gasteiger partial charge is 0.377 e. The smallest absolute Gasteiger partial charge is 0.234 e. The van der Waals surface area contributed by atoms with Crippen LogP contribution in [0.25, 0.3) is 0 Å². The molecule has 1 aliphatic heterocycles. The molecule has 2 fully saturated rings. The summed E-state index contributed by atoms with van der Waals surface area (Å²) in [5.41, 5.74) is 0. The van der Waals surface area contributed by atoms with Gasteiger partial charge in [-0.15, -0.1) is 0 Å². The number of nitrogens with one attached hydrogen (secondary N) is 2. The summed E-state index contributed by atoms with van der Waals surface area (Å²) < 4.78 is 5.43. The fourth-order valence-electron chi connectivity index (χ4n) is 1.66. The first-order valence-electron chi connectivity index (χ1n) is 5.46. The summed E-state index contributed by atoms with van der Waals surface area (Å²) in [4.78, 5) is 11.3. The van der Waals surface area contributed by atoms with E-state index < -0.39 is 0 Å². The third-order valence-corrected chi connectivity index (χ3v) is 2.62. The molecule has 2 N–H and O–H groups in total. The zero-order valence-corrected chi connectivity index (χ0v) is 8.42. The van der Waals surface area contributed by atoms with Gasteiger partial charge < -0.3 is 15.4 Å². The summed E-state index contributed by atoms with van der Waals surface area (Å²) in [6, 6.07) is 0.465. The molecule has 0 radical (unpaired) electrons. The van der Waals surface area contributed by atoms with Gasteiger partial charge in [0.05, 0.1) is 12.6 Å². The second-order valence-electron chi connectivity index (χ2n) is 4.11. The molecule has 1 unspecified atom stereocenters. The molecule has 80 valence electrons. The number of hydrogen-bond donors (Lipinski definition) is 2. The summed E-state index contributed by atoms with van der Waals surface area (Å²) in [5.74, 6) is 0.116. The lowest BCUT2D eigenvalue weighted by molar-refractivity contribution is -0.120. The minimum atomic E-state index is 0.116. The molecular weight excluding hydrogens is 180 g/mol. The molecule has 1 saturated heterocycles. The van der Waals surface area contributed by atoms with Crippen molar-refractivity contribution >= 4 is 5.91 Å². The van der Waals surface area contributed by atoms with E-state index in [0.29, 0.717) is 18.7 Å². The highest BCUT2D eigenvalue weighted by Crippen LogP contribution is 2.18. The SMILES string of the molecule is O=C(CNCC1CCCO1)NC1CC1. The molecule has 0 aromatic carbocycles. The lowest BCUT2D eigenvalue weighted by Crippen LogP contribution is -2.38. The molecule has 0 aromatic heterocycles. The number of amides is 1. The second-order valence-corrected chi connectivity index (χ2v) is 4.11. The fourth-order valence-corrected chi connectivity index (χ4v) is 1.66. The van der Waals surface area contributed by atoms with Crippen LogP contribution in [0.2, 0.25) is 0 Å². The van der Waals surface area contributed by atoms with E-state index in [2.05, 4.69) is 10.6 Å². The summed E-state index contributed by atoms with van der Waals surface area (Å²) in [6.45, 7) is 2.11. The Hall–Kier alpha value is -0.610. The number of carbonyl (C=O) groups excluding carboxylic acids is 1. The first-order chi connectivity index (χ1) is 6.84. The molecule has 4 nitrogen and oxygen atoms in total. The van der Waals surface area contributed by atoms with Crippen molar-refractivity contribution in [3.05, 3.63) is 0 Å². The number of carbonyl (C=O) groups is 1. The molecule has 2 rings (SSSR count). The van der Waals surface area contributed by atoms with Gasteiger partial charge in [-0.3, -0.25) is 4.79 Å². The van der Waals surface area contributed by atoms with Gasteiger partial charge in [-0.1, -0.05) is 0 Å². The lowest BCUT2D eigenvalue weighted by atomic mass is 10.2. The van der Waals surface area contributed by atoms with Crippen molar-refractivity contribution in [3.63, 3.8) is 0 Å². The number of ether oxygens (including phenoxy) is 1. The maximum atomic E-state index is 11.3. The van der Waals surface area contributed by atoms with Gasteiger partial charge in [0.15, 0.2) is 0 Å². The van der Waals surface area contributed by atoms with Gasteiger partial charge in [-0.25, -0.2) is 0 Å². The standard InChI is InChI=1S/C10H18N2O2/c13-10(12-8-3-4-8)7-11-6-9-2-1-5-14-9/h8-9,11H,1-7H2,(H,12,13). The van der Waals surface area contributed by atoms with E-state index >= 15 is 0 Å². The van der Waals surface area contributed by atoms with E-state index in [1.807, 2.05) is 0 Å². The van der Waals surface area contributed by atoms with Crippen molar-refractivity contribution in [1.82, 2.24) is 10.6 Å². The van der Waals surface area contributed by atoms with Gasteiger partial charge in [-0.05, 0) is 25.7 Å². The van der Waals surface area contributed by atoms with E-state index in [9.17, 15) is 4.79 Å². The van der Waals surface area contributed by atoms with Crippen LogP contribution in [0.4, 0.5) is 0 Å².